The molecule has 9 nitrogen and oxygen atoms in total. The molecule has 28 heavy (non-hydrogen) atoms. The monoisotopic (exact) mass is 411 g/mol. The van der Waals surface area contributed by atoms with E-state index in [0.717, 1.165) is 4.31 Å². The Kier molecular flexibility index (Phi) is 6.60. The summed E-state index contributed by atoms with van der Waals surface area (Å²) in [6.07, 6.45) is 0.813. The Hall–Kier alpha value is -2.27. The molecule has 2 rings (SSSR count). The van der Waals surface area contributed by atoms with Gasteiger partial charge in [-0.3, -0.25) is 9.59 Å². The van der Waals surface area contributed by atoms with Gasteiger partial charge in [0.05, 0.1) is 17.0 Å². The van der Waals surface area contributed by atoms with Crippen molar-refractivity contribution in [2.75, 3.05) is 41.9 Å². The molecule has 0 saturated heterocycles. The molecule has 0 bridgehead atoms. The van der Waals surface area contributed by atoms with Crippen molar-refractivity contribution in [1.82, 2.24) is 13.8 Å². The van der Waals surface area contributed by atoms with Crippen LogP contribution in [0.2, 0.25) is 0 Å². The number of fused-ring (bicyclic) bond motifs is 1. The van der Waals surface area contributed by atoms with E-state index < -0.39 is 27.6 Å². The smallest absolute Gasteiger partial charge is 0.259 e. The van der Waals surface area contributed by atoms with Crippen LogP contribution in [0.3, 0.4) is 0 Å². The standard InChI is InChI=1S/C18H25N3O6S/c1-19(2)28(24,25)12-7-8-15-13(9-12)17(22)14(10-20(15)3)18(23)21(4)11-16(26-5)27-6/h7-10,16H,11H2,1-6H3. The maximum Gasteiger partial charge on any atom is 0.259 e. The first-order valence-electron chi connectivity index (χ1n) is 8.41. The lowest BCUT2D eigenvalue weighted by Crippen LogP contribution is -2.38. The molecule has 0 aliphatic carbocycles. The fourth-order valence-corrected chi connectivity index (χ4v) is 3.68. The Morgan fingerprint density at radius 3 is 2.32 bits per heavy atom. The number of likely N-dealkylation sites (N-methyl/N-ethyl adjacent to an activating group) is 1. The lowest BCUT2D eigenvalue weighted by atomic mass is 10.1. The number of carbonyl (C=O) groups is 1. The number of rotatable bonds is 7. The van der Waals surface area contributed by atoms with Gasteiger partial charge in [0.1, 0.15) is 5.56 Å². The molecule has 0 aliphatic heterocycles. The van der Waals surface area contributed by atoms with E-state index in [0.29, 0.717) is 5.52 Å². The zero-order valence-corrected chi connectivity index (χ0v) is 17.6. The maximum atomic E-state index is 13.0. The van der Waals surface area contributed by atoms with Crippen LogP contribution in [0, 0.1) is 0 Å². The van der Waals surface area contributed by atoms with E-state index in [-0.39, 0.29) is 22.4 Å². The number of methoxy groups -OCH3 is 2. The highest BCUT2D eigenvalue weighted by Crippen LogP contribution is 2.19. The van der Waals surface area contributed by atoms with Gasteiger partial charge in [-0.15, -0.1) is 0 Å². The molecule has 0 spiro atoms. The molecule has 1 amide bonds. The fraction of sp³-hybridized carbons (Fsp3) is 0.444. The molecule has 0 unspecified atom stereocenters. The lowest BCUT2D eigenvalue weighted by molar-refractivity contribution is -0.110. The van der Waals surface area contributed by atoms with Gasteiger partial charge in [0.15, 0.2) is 6.29 Å². The summed E-state index contributed by atoms with van der Waals surface area (Å²) in [5.74, 6) is -0.512. The zero-order chi connectivity index (χ0) is 21.2. The van der Waals surface area contributed by atoms with E-state index in [1.54, 1.807) is 17.7 Å². The average molecular weight is 411 g/mol. The van der Waals surface area contributed by atoms with Gasteiger partial charge in [-0.2, -0.15) is 0 Å². The molecule has 0 saturated carbocycles. The number of benzene rings is 1. The first-order chi connectivity index (χ1) is 13.0. The Bertz CT molecular complexity index is 1040. The molecule has 0 atom stereocenters. The quantitative estimate of drug-likeness (QED) is 0.615. The van der Waals surface area contributed by atoms with Crippen LogP contribution < -0.4 is 5.43 Å². The number of aromatic nitrogens is 1. The number of pyridine rings is 1. The summed E-state index contributed by atoms with van der Waals surface area (Å²) in [4.78, 5) is 27.1. The van der Waals surface area contributed by atoms with Crippen LogP contribution in [-0.4, -0.2) is 76.3 Å². The largest absolute Gasteiger partial charge is 0.354 e. The van der Waals surface area contributed by atoms with Crippen molar-refractivity contribution < 1.29 is 22.7 Å². The van der Waals surface area contributed by atoms with Crippen molar-refractivity contribution in [2.45, 2.75) is 11.2 Å². The Labute approximate surface area is 164 Å². The first kappa shape index (κ1) is 22.0. The first-order valence-corrected chi connectivity index (χ1v) is 9.85. The van der Waals surface area contributed by atoms with Crippen molar-refractivity contribution in [1.29, 1.82) is 0 Å². The topological polar surface area (TPSA) is 98.1 Å². The van der Waals surface area contributed by atoms with E-state index >= 15 is 0 Å². The molecule has 2 aromatic rings. The van der Waals surface area contributed by atoms with E-state index in [1.807, 2.05) is 0 Å². The Balaban J connectivity index is 2.59. The van der Waals surface area contributed by atoms with E-state index in [2.05, 4.69) is 0 Å². The molecule has 0 N–H and O–H groups in total. The Morgan fingerprint density at radius 1 is 1.18 bits per heavy atom. The van der Waals surface area contributed by atoms with Crippen LogP contribution in [0.1, 0.15) is 10.4 Å². The number of carbonyl (C=O) groups excluding carboxylic acids is 1. The minimum absolute atomic E-state index is 0.0149. The fourth-order valence-electron chi connectivity index (χ4n) is 2.75. The number of hydrogen-bond acceptors (Lipinski definition) is 6. The number of amides is 1. The molecule has 1 aromatic carbocycles. The van der Waals surface area contributed by atoms with Crippen molar-refractivity contribution in [2.24, 2.45) is 7.05 Å². The third-order valence-corrected chi connectivity index (χ3v) is 6.28. The maximum absolute atomic E-state index is 13.0. The Morgan fingerprint density at radius 2 is 1.79 bits per heavy atom. The number of aryl methyl sites for hydroxylation is 1. The van der Waals surface area contributed by atoms with Crippen molar-refractivity contribution in [3.63, 3.8) is 0 Å². The molecule has 1 aromatic heterocycles. The SMILES string of the molecule is COC(CN(C)C(=O)c1cn(C)c2ccc(S(=O)(=O)N(C)C)cc2c1=O)OC. The highest BCUT2D eigenvalue weighted by molar-refractivity contribution is 7.89. The van der Waals surface area contributed by atoms with Crippen LogP contribution >= 0.6 is 0 Å². The van der Waals surface area contributed by atoms with Gasteiger partial charge >= 0.3 is 0 Å². The third kappa shape index (κ3) is 4.09. The van der Waals surface area contributed by atoms with E-state index in [1.165, 1.54) is 58.6 Å². The molecular weight excluding hydrogens is 386 g/mol. The van der Waals surface area contributed by atoms with Crippen LogP contribution in [0.25, 0.3) is 10.9 Å². The molecule has 0 radical (unpaired) electrons. The number of sulfonamides is 1. The number of nitrogens with zero attached hydrogens (tertiary/aromatic N) is 3. The van der Waals surface area contributed by atoms with Crippen molar-refractivity contribution in [3.05, 3.63) is 40.2 Å². The summed E-state index contributed by atoms with van der Waals surface area (Å²) in [5, 5.41) is 0.153. The zero-order valence-electron chi connectivity index (χ0n) is 16.8. The molecule has 0 aliphatic rings. The second kappa shape index (κ2) is 8.39. The summed E-state index contributed by atoms with van der Waals surface area (Å²) < 4.78 is 37.7. The predicted octanol–water partition coefficient (Wildman–Crippen LogP) is 0.480. The van der Waals surface area contributed by atoms with Crippen molar-refractivity contribution in [3.8, 4) is 0 Å². The minimum atomic E-state index is -3.71. The molecule has 1 heterocycles. The molecule has 10 heteroatoms. The summed E-state index contributed by atoms with van der Waals surface area (Å²) in [5.41, 5.74) is -0.0800. The summed E-state index contributed by atoms with van der Waals surface area (Å²) in [6, 6.07) is 4.29. The third-order valence-electron chi connectivity index (χ3n) is 4.46. The van der Waals surface area contributed by atoms with Gasteiger partial charge in [0.25, 0.3) is 5.91 Å². The van der Waals surface area contributed by atoms with Gasteiger partial charge in [0, 0.05) is 54.0 Å². The second-order valence-electron chi connectivity index (χ2n) is 6.54. The lowest BCUT2D eigenvalue weighted by Gasteiger charge is -2.22. The van der Waals surface area contributed by atoms with Crippen molar-refractivity contribution >= 4 is 26.8 Å². The minimum Gasteiger partial charge on any atom is -0.354 e. The van der Waals surface area contributed by atoms with E-state index in [9.17, 15) is 18.0 Å². The van der Waals surface area contributed by atoms with Gasteiger partial charge in [0.2, 0.25) is 15.5 Å². The van der Waals surface area contributed by atoms with Crippen LogP contribution in [0.15, 0.2) is 34.1 Å². The number of hydrogen-bond donors (Lipinski definition) is 0. The molecule has 0 fully saturated rings. The van der Waals surface area contributed by atoms with Gasteiger partial charge in [-0.1, -0.05) is 0 Å². The molecule has 154 valence electrons. The summed E-state index contributed by atoms with van der Waals surface area (Å²) in [7, 11) is 5.23. The van der Waals surface area contributed by atoms with E-state index in [4.69, 9.17) is 9.47 Å². The summed E-state index contributed by atoms with van der Waals surface area (Å²) >= 11 is 0. The van der Waals surface area contributed by atoms with Crippen LogP contribution in [0.4, 0.5) is 0 Å². The van der Waals surface area contributed by atoms with Gasteiger partial charge < -0.3 is 18.9 Å². The normalized spacial score (nSPS) is 12.1. The predicted molar refractivity (Wildman–Crippen MR) is 105 cm³/mol. The summed E-state index contributed by atoms with van der Waals surface area (Å²) in [6.45, 7) is 0.127. The number of ether oxygens (including phenoxy) is 2. The average Bonchev–Trinajstić information content (AvgIpc) is 2.67. The highest BCUT2D eigenvalue weighted by Gasteiger charge is 2.23. The van der Waals surface area contributed by atoms with Gasteiger partial charge in [-0.05, 0) is 18.2 Å². The molecular formula is C18H25N3O6S. The van der Waals surface area contributed by atoms with Crippen LogP contribution in [-0.2, 0) is 26.5 Å². The van der Waals surface area contributed by atoms with Crippen LogP contribution in [0.5, 0.6) is 0 Å². The second-order valence-corrected chi connectivity index (χ2v) is 8.69. The van der Waals surface area contributed by atoms with Gasteiger partial charge in [-0.25, -0.2) is 12.7 Å². The highest BCUT2D eigenvalue weighted by atomic mass is 32.2.